The minimum Gasteiger partial charge on any atom is -0.340 e. The zero-order valence-electron chi connectivity index (χ0n) is 12.4. The third kappa shape index (κ3) is 4.17. The molecule has 1 amide bonds. The van der Waals surface area contributed by atoms with Gasteiger partial charge in [0.2, 0.25) is 5.91 Å². The van der Waals surface area contributed by atoms with Gasteiger partial charge in [-0.3, -0.25) is 9.48 Å². The van der Waals surface area contributed by atoms with Crippen molar-refractivity contribution in [2.24, 2.45) is 0 Å². The first-order chi connectivity index (χ1) is 10.1. The van der Waals surface area contributed by atoms with Crippen molar-refractivity contribution in [3.05, 3.63) is 52.3 Å². The number of rotatable bonds is 6. The summed E-state index contributed by atoms with van der Waals surface area (Å²) in [5, 5.41) is 4.27. The highest BCUT2D eigenvalue weighted by Gasteiger charge is 2.14. The Labute approximate surface area is 133 Å². The maximum Gasteiger partial charge on any atom is 0.222 e. The highest BCUT2D eigenvalue weighted by Crippen LogP contribution is 2.18. The van der Waals surface area contributed by atoms with Crippen LogP contribution >= 0.6 is 15.9 Å². The Morgan fingerprint density at radius 3 is 2.71 bits per heavy atom. The Balaban J connectivity index is 1.92. The summed E-state index contributed by atoms with van der Waals surface area (Å²) < 4.78 is 2.86. The van der Waals surface area contributed by atoms with Gasteiger partial charge in [0.1, 0.15) is 0 Å². The van der Waals surface area contributed by atoms with Crippen molar-refractivity contribution in [1.29, 1.82) is 0 Å². The van der Waals surface area contributed by atoms with Gasteiger partial charge in [-0.05, 0) is 34.8 Å². The Morgan fingerprint density at radius 2 is 2.05 bits per heavy atom. The zero-order chi connectivity index (χ0) is 15.2. The Hall–Kier alpha value is -1.62. The topological polar surface area (TPSA) is 38.1 Å². The molecule has 4 nitrogen and oxygen atoms in total. The summed E-state index contributed by atoms with van der Waals surface area (Å²) in [6.07, 6.45) is 3.08. The molecule has 0 spiro atoms. The molecule has 21 heavy (non-hydrogen) atoms. The Bertz CT molecular complexity index is 595. The lowest BCUT2D eigenvalue weighted by molar-refractivity contribution is -0.130. The van der Waals surface area contributed by atoms with Gasteiger partial charge in [-0.25, -0.2) is 0 Å². The lowest BCUT2D eigenvalue weighted by Crippen LogP contribution is -2.27. The van der Waals surface area contributed by atoms with E-state index in [4.69, 9.17) is 0 Å². The van der Waals surface area contributed by atoms with Gasteiger partial charge in [0.25, 0.3) is 0 Å². The lowest BCUT2D eigenvalue weighted by Gasteiger charge is -2.18. The van der Waals surface area contributed by atoms with Gasteiger partial charge < -0.3 is 4.90 Å². The van der Waals surface area contributed by atoms with E-state index in [9.17, 15) is 4.79 Å². The molecule has 1 aromatic carbocycles. The van der Waals surface area contributed by atoms with Crippen LogP contribution in [0.5, 0.6) is 0 Å². The number of hydrogen-bond donors (Lipinski definition) is 0. The minimum absolute atomic E-state index is 0.148. The van der Waals surface area contributed by atoms with Crippen LogP contribution in [-0.4, -0.2) is 27.6 Å². The highest BCUT2D eigenvalue weighted by molar-refractivity contribution is 9.10. The first kappa shape index (κ1) is 15.8. The monoisotopic (exact) mass is 349 g/mol. The quantitative estimate of drug-likeness (QED) is 0.802. The van der Waals surface area contributed by atoms with Crippen molar-refractivity contribution < 1.29 is 4.79 Å². The molecule has 0 N–H and O–H groups in total. The fourth-order valence-electron chi connectivity index (χ4n) is 2.22. The van der Waals surface area contributed by atoms with Gasteiger partial charge >= 0.3 is 0 Å². The molecule has 0 radical (unpaired) electrons. The summed E-state index contributed by atoms with van der Waals surface area (Å²) in [5.41, 5.74) is 2.23. The molecule has 5 heteroatoms. The molecule has 0 unspecified atom stereocenters. The molecule has 0 bridgehead atoms. The average Bonchev–Trinajstić information content (AvgIpc) is 2.86. The van der Waals surface area contributed by atoms with Crippen LogP contribution < -0.4 is 0 Å². The maximum atomic E-state index is 12.2. The van der Waals surface area contributed by atoms with E-state index in [2.05, 4.69) is 33.2 Å². The largest absolute Gasteiger partial charge is 0.340 e. The van der Waals surface area contributed by atoms with Gasteiger partial charge in [0.15, 0.2) is 0 Å². The molecule has 2 aromatic rings. The van der Waals surface area contributed by atoms with E-state index in [1.54, 1.807) is 11.1 Å². The number of benzene rings is 1. The average molecular weight is 350 g/mol. The first-order valence-electron chi connectivity index (χ1n) is 7.10. The molecule has 0 atom stereocenters. The number of aromatic nitrogens is 2. The number of hydrogen-bond acceptors (Lipinski definition) is 2. The number of halogens is 1. The van der Waals surface area contributed by atoms with Crippen LogP contribution in [0, 0.1) is 0 Å². The Kier molecular flexibility index (Phi) is 5.56. The molecule has 0 aliphatic carbocycles. The van der Waals surface area contributed by atoms with Crippen molar-refractivity contribution in [2.75, 3.05) is 7.05 Å². The van der Waals surface area contributed by atoms with E-state index in [1.807, 2.05) is 36.9 Å². The molecular weight excluding hydrogens is 330 g/mol. The maximum absolute atomic E-state index is 12.2. The van der Waals surface area contributed by atoms with Crippen LogP contribution in [0.15, 0.2) is 41.0 Å². The number of carbonyl (C=O) groups excluding carboxylic acids is 1. The second-order valence-electron chi connectivity index (χ2n) is 4.99. The molecule has 112 valence electrons. The van der Waals surface area contributed by atoms with Crippen LogP contribution in [0.2, 0.25) is 0 Å². The predicted octanol–water partition coefficient (Wildman–Crippen LogP) is 3.26. The molecule has 0 saturated carbocycles. The molecule has 0 saturated heterocycles. The summed E-state index contributed by atoms with van der Waals surface area (Å²) in [6, 6.07) is 10.1. The molecular formula is C16H20BrN3O. The molecule has 1 heterocycles. The van der Waals surface area contributed by atoms with Gasteiger partial charge in [-0.15, -0.1) is 0 Å². The van der Waals surface area contributed by atoms with Gasteiger partial charge in [0.05, 0.1) is 22.9 Å². The predicted molar refractivity (Wildman–Crippen MR) is 86.8 cm³/mol. The van der Waals surface area contributed by atoms with Gasteiger partial charge in [-0.1, -0.05) is 30.3 Å². The number of amides is 1. The van der Waals surface area contributed by atoms with Crippen LogP contribution in [0.1, 0.15) is 24.6 Å². The highest BCUT2D eigenvalue weighted by atomic mass is 79.9. The zero-order valence-corrected chi connectivity index (χ0v) is 14.0. The van der Waals surface area contributed by atoms with E-state index in [0.717, 1.165) is 23.1 Å². The van der Waals surface area contributed by atoms with Crippen LogP contribution in [0.25, 0.3) is 0 Å². The van der Waals surface area contributed by atoms with Crippen LogP contribution in [0.4, 0.5) is 0 Å². The second kappa shape index (κ2) is 7.41. The van der Waals surface area contributed by atoms with E-state index in [1.165, 1.54) is 5.56 Å². The van der Waals surface area contributed by atoms with E-state index < -0.39 is 0 Å². The fourth-order valence-corrected chi connectivity index (χ4v) is 2.64. The number of carbonyl (C=O) groups is 1. The van der Waals surface area contributed by atoms with Crippen LogP contribution in [0.3, 0.4) is 0 Å². The molecule has 0 aliphatic heterocycles. The first-order valence-corrected chi connectivity index (χ1v) is 7.89. The van der Waals surface area contributed by atoms with E-state index in [0.29, 0.717) is 13.0 Å². The summed E-state index contributed by atoms with van der Waals surface area (Å²) in [5.74, 6) is 0.148. The third-order valence-electron chi connectivity index (χ3n) is 3.48. The van der Waals surface area contributed by atoms with Gasteiger partial charge in [-0.2, -0.15) is 5.10 Å². The van der Waals surface area contributed by atoms with Gasteiger partial charge in [0, 0.05) is 20.0 Å². The van der Waals surface area contributed by atoms with Crippen molar-refractivity contribution in [2.45, 2.75) is 32.9 Å². The molecule has 0 aliphatic rings. The van der Waals surface area contributed by atoms with Crippen molar-refractivity contribution in [3.8, 4) is 0 Å². The van der Waals surface area contributed by atoms with Crippen molar-refractivity contribution in [3.63, 3.8) is 0 Å². The Morgan fingerprint density at radius 1 is 1.33 bits per heavy atom. The third-order valence-corrected chi connectivity index (χ3v) is 4.14. The smallest absolute Gasteiger partial charge is 0.222 e. The van der Waals surface area contributed by atoms with E-state index >= 15 is 0 Å². The second-order valence-corrected chi connectivity index (χ2v) is 5.84. The lowest BCUT2D eigenvalue weighted by atomic mass is 10.1. The van der Waals surface area contributed by atoms with Crippen molar-refractivity contribution >= 4 is 21.8 Å². The fraction of sp³-hybridized carbons (Fsp3) is 0.375. The van der Waals surface area contributed by atoms with Crippen molar-refractivity contribution in [1.82, 2.24) is 14.7 Å². The summed E-state index contributed by atoms with van der Waals surface area (Å²) in [6.45, 7) is 3.41. The minimum atomic E-state index is 0.148. The molecule has 0 fully saturated rings. The standard InChI is InChI=1S/C16H20BrN3O/c1-3-20-15(14(17)11-18-20)12-19(2)16(21)10-9-13-7-5-4-6-8-13/h4-8,11H,3,9-10,12H2,1-2H3. The normalized spacial score (nSPS) is 10.6. The molecule has 2 rings (SSSR count). The SMILES string of the molecule is CCn1ncc(Br)c1CN(C)C(=O)CCc1ccccc1. The number of aryl methyl sites for hydroxylation is 2. The summed E-state index contributed by atoms with van der Waals surface area (Å²) >= 11 is 3.49. The molecule has 1 aromatic heterocycles. The van der Waals surface area contributed by atoms with Crippen LogP contribution in [-0.2, 0) is 24.3 Å². The number of nitrogens with zero attached hydrogens (tertiary/aromatic N) is 3. The van der Waals surface area contributed by atoms with E-state index in [-0.39, 0.29) is 5.91 Å². The summed E-state index contributed by atoms with van der Waals surface area (Å²) in [7, 11) is 1.84. The summed E-state index contributed by atoms with van der Waals surface area (Å²) in [4.78, 5) is 14.0.